The number of carbonyl (C=O) groups excluding carboxylic acids is 2. The van der Waals surface area contributed by atoms with Gasteiger partial charge in [-0.15, -0.1) is 0 Å². The van der Waals surface area contributed by atoms with E-state index >= 15 is 0 Å². The summed E-state index contributed by atoms with van der Waals surface area (Å²) in [6.07, 6.45) is 3.55. The fraction of sp³-hybridized carbons (Fsp3) is 0.320. The number of hydrogen-bond donors (Lipinski definition) is 0. The monoisotopic (exact) mass is 435 g/mol. The lowest BCUT2D eigenvalue weighted by Crippen LogP contribution is -2.41. The number of Topliss-reactive ketones (excluding diaryl/α,β-unsaturated/α-hetero) is 1. The molecule has 1 aliphatic heterocycles. The zero-order valence-electron chi connectivity index (χ0n) is 17.6. The van der Waals surface area contributed by atoms with Gasteiger partial charge in [0, 0.05) is 30.3 Å². The summed E-state index contributed by atoms with van der Waals surface area (Å²) in [6, 6.07) is 12.7. The number of amides is 1. The second kappa shape index (κ2) is 8.30. The van der Waals surface area contributed by atoms with Gasteiger partial charge >= 0.3 is 0 Å². The molecule has 32 heavy (non-hydrogen) atoms. The first-order chi connectivity index (χ1) is 15.5. The number of likely N-dealkylation sites (tertiary alicyclic amines) is 1. The van der Waals surface area contributed by atoms with Gasteiger partial charge in [-0.1, -0.05) is 18.2 Å². The zero-order valence-corrected chi connectivity index (χ0v) is 17.6. The van der Waals surface area contributed by atoms with Crippen molar-refractivity contribution in [3.63, 3.8) is 0 Å². The molecule has 7 heteroatoms. The number of benzene rings is 2. The molecule has 2 aromatic carbocycles. The fourth-order valence-electron chi connectivity index (χ4n) is 4.79. The summed E-state index contributed by atoms with van der Waals surface area (Å²) in [5, 5.41) is 4.67. The molecule has 5 nitrogen and oxygen atoms in total. The fourth-order valence-corrected chi connectivity index (χ4v) is 4.79. The van der Waals surface area contributed by atoms with Crippen molar-refractivity contribution >= 4 is 11.7 Å². The van der Waals surface area contributed by atoms with Crippen LogP contribution in [0.25, 0.3) is 5.69 Å². The van der Waals surface area contributed by atoms with E-state index in [9.17, 15) is 18.4 Å². The highest BCUT2D eigenvalue weighted by Crippen LogP contribution is 2.30. The Morgan fingerprint density at radius 2 is 1.72 bits per heavy atom. The molecule has 5 rings (SSSR count). The third kappa shape index (κ3) is 3.61. The Balaban J connectivity index is 1.32. The topological polar surface area (TPSA) is 55.2 Å². The van der Waals surface area contributed by atoms with Crippen molar-refractivity contribution < 1.29 is 18.4 Å². The molecule has 0 radical (unpaired) electrons. The van der Waals surface area contributed by atoms with Gasteiger partial charge < -0.3 is 4.90 Å². The molecule has 2 aliphatic rings. The molecule has 0 unspecified atom stereocenters. The predicted octanol–water partition coefficient (Wildman–Crippen LogP) is 4.37. The van der Waals surface area contributed by atoms with Crippen molar-refractivity contribution in [2.45, 2.75) is 32.1 Å². The van der Waals surface area contributed by atoms with Crippen LogP contribution in [-0.4, -0.2) is 39.5 Å². The van der Waals surface area contributed by atoms with Gasteiger partial charge in [-0.2, -0.15) is 5.10 Å². The number of hydrogen-bond acceptors (Lipinski definition) is 3. The Labute approximate surface area is 184 Å². The third-order valence-electron chi connectivity index (χ3n) is 6.48. The van der Waals surface area contributed by atoms with Crippen LogP contribution in [0.5, 0.6) is 0 Å². The summed E-state index contributed by atoms with van der Waals surface area (Å²) >= 11 is 0. The maximum absolute atomic E-state index is 14.0. The van der Waals surface area contributed by atoms with E-state index in [1.165, 1.54) is 0 Å². The summed E-state index contributed by atoms with van der Waals surface area (Å²) in [6.45, 7) is 0.776. The van der Waals surface area contributed by atoms with Gasteiger partial charge in [0.15, 0.2) is 11.5 Å². The third-order valence-corrected chi connectivity index (χ3v) is 6.48. The number of piperidine rings is 1. The molecule has 0 atom stereocenters. The molecule has 1 amide bonds. The van der Waals surface area contributed by atoms with Crippen molar-refractivity contribution in [1.29, 1.82) is 0 Å². The van der Waals surface area contributed by atoms with Crippen LogP contribution < -0.4 is 0 Å². The molecule has 1 saturated heterocycles. The Morgan fingerprint density at radius 1 is 0.969 bits per heavy atom. The number of carbonyl (C=O) groups is 2. The van der Waals surface area contributed by atoms with Crippen molar-refractivity contribution in [3.8, 4) is 5.69 Å². The van der Waals surface area contributed by atoms with E-state index in [0.29, 0.717) is 31.6 Å². The van der Waals surface area contributed by atoms with E-state index in [4.69, 9.17) is 0 Å². The normalized spacial score (nSPS) is 16.2. The van der Waals surface area contributed by atoms with E-state index in [0.717, 1.165) is 54.4 Å². The zero-order chi connectivity index (χ0) is 22.2. The Hall–Kier alpha value is -3.35. The molecule has 3 aromatic rings. The minimum Gasteiger partial charge on any atom is -0.337 e. The van der Waals surface area contributed by atoms with E-state index in [-0.39, 0.29) is 11.5 Å². The lowest BCUT2D eigenvalue weighted by molar-refractivity contribution is 0.0643. The summed E-state index contributed by atoms with van der Waals surface area (Å²) in [5.74, 6) is -2.30. The minimum atomic E-state index is -0.711. The van der Waals surface area contributed by atoms with Gasteiger partial charge in [0.1, 0.15) is 11.6 Å². The van der Waals surface area contributed by atoms with Crippen LogP contribution in [0, 0.1) is 17.6 Å². The SMILES string of the molecule is O=C(c1cc(F)ccc1F)C1CCN(C(=O)c2nn(-c3ccccc3)c3c2CCC3)CC1. The van der Waals surface area contributed by atoms with Crippen molar-refractivity contribution in [2.24, 2.45) is 5.92 Å². The highest BCUT2D eigenvalue weighted by molar-refractivity contribution is 5.98. The highest BCUT2D eigenvalue weighted by atomic mass is 19.1. The predicted molar refractivity (Wildman–Crippen MR) is 115 cm³/mol. The number of halogens is 2. The summed E-state index contributed by atoms with van der Waals surface area (Å²) < 4.78 is 29.4. The largest absolute Gasteiger partial charge is 0.337 e. The molecule has 0 spiro atoms. The Bertz CT molecular complexity index is 1180. The average molecular weight is 435 g/mol. The molecule has 0 bridgehead atoms. The maximum atomic E-state index is 14.0. The lowest BCUT2D eigenvalue weighted by Gasteiger charge is -2.31. The smallest absolute Gasteiger partial charge is 0.274 e. The number of ketones is 1. The number of rotatable bonds is 4. The van der Waals surface area contributed by atoms with Gasteiger partial charge in [0.25, 0.3) is 5.91 Å². The van der Waals surface area contributed by atoms with Gasteiger partial charge in [-0.25, -0.2) is 13.5 Å². The van der Waals surface area contributed by atoms with E-state index in [1.807, 2.05) is 35.0 Å². The van der Waals surface area contributed by atoms with Crippen LogP contribution in [0.3, 0.4) is 0 Å². The van der Waals surface area contributed by atoms with E-state index < -0.39 is 23.3 Å². The van der Waals surface area contributed by atoms with Crippen LogP contribution in [-0.2, 0) is 12.8 Å². The van der Waals surface area contributed by atoms with Crippen molar-refractivity contribution in [1.82, 2.24) is 14.7 Å². The van der Waals surface area contributed by atoms with Crippen LogP contribution in [0.1, 0.15) is 51.4 Å². The van der Waals surface area contributed by atoms with Gasteiger partial charge in [0.05, 0.1) is 11.3 Å². The first kappa shape index (κ1) is 20.5. The Kier molecular flexibility index (Phi) is 5.33. The van der Waals surface area contributed by atoms with Crippen LogP contribution in [0.2, 0.25) is 0 Å². The second-order valence-corrected chi connectivity index (χ2v) is 8.43. The number of nitrogens with zero attached hydrogens (tertiary/aromatic N) is 3. The summed E-state index contributed by atoms with van der Waals surface area (Å²) in [4.78, 5) is 27.7. The summed E-state index contributed by atoms with van der Waals surface area (Å²) in [5.41, 5.74) is 3.31. The van der Waals surface area contributed by atoms with Crippen molar-refractivity contribution in [3.05, 3.63) is 82.7 Å². The molecule has 1 aliphatic carbocycles. The van der Waals surface area contributed by atoms with Gasteiger partial charge in [-0.3, -0.25) is 9.59 Å². The van der Waals surface area contributed by atoms with Crippen LogP contribution in [0.15, 0.2) is 48.5 Å². The van der Waals surface area contributed by atoms with Gasteiger partial charge in [0.2, 0.25) is 0 Å². The Morgan fingerprint density at radius 3 is 2.47 bits per heavy atom. The molecule has 0 saturated carbocycles. The maximum Gasteiger partial charge on any atom is 0.274 e. The molecular formula is C25H23F2N3O2. The quantitative estimate of drug-likeness (QED) is 0.572. The molecule has 164 valence electrons. The second-order valence-electron chi connectivity index (χ2n) is 8.43. The molecule has 1 aromatic heterocycles. The number of aromatic nitrogens is 2. The standard InChI is InChI=1S/C25H23F2N3O2/c26-17-9-10-21(27)20(15-17)24(31)16-11-13-29(14-12-16)25(32)23-19-7-4-8-22(19)30(28-23)18-5-2-1-3-6-18/h1-3,5-6,9-10,15-16H,4,7-8,11-14H2. The molecule has 1 fully saturated rings. The highest BCUT2D eigenvalue weighted by Gasteiger charge is 2.33. The van der Waals surface area contributed by atoms with Crippen LogP contribution in [0.4, 0.5) is 8.78 Å². The number of fused-ring (bicyclic) bond motifs is 1. The molecular weight excluding hydrogens is 412 g/mol. The molecule has 2 heterocycles. The summed E-state index contributed by atoms with van der Waals surface area (Å²) in [7, 11) is 0. The lowest BCUT2D eigenvalue weighted by atomic mass is 9.88. The minimum absolute atomic E-state index is 0.124. The average Bonchev–Trinajstić information content (AvgIpc) is 3.43. The molecule has 0 N–H and O–H groups in total. The van der Waals surface area contributed by atoms with Crippen LogP contribution >= 0.6 is 0 Å². The van der Waals surface area contributed by atoms with E-state index in [1.54, 1.807) is 4.90 Å². The first-order valence-electron chi connectivity index (χ1n) is 11.0. The van der Waals surface area contributed by atoms with Crippen molar-refractivity contribution in [2.75, 3.05) is 13.1 Å². The van der Waals surface area contributed by atoms with Gasteiger partial charge in [-0.05, 0) is 62.4 Å². The first-order valence-corrected chi connectivity index (χ1v) is 11.0. The number of para-hydroxylation sites is 1. The van der Waals surface area contributed by atoms with E-state index in [2.05, 4.69) is 5.10 Å².